The molecule has 2 aromatic rings. The number of anilines is 1. The van der Waals surface area contributed by atoms with Gasteiger partial charge in [0.25, 0.3) is 5.91 Å². The minimum atomic E-state index is -0.375. The standard InChI is InChI=1S/C19H21N9O3/c20-16-15(23-10-24-16)18-25-14(31-28-18)7-6-13(29)21-8-3-9-22-17-11-4-1-2-5-12(11)19(30)27-26-17/h1-2,4-5,10,12,22H,3,6-9,20H2,(H,21,29)(H,23,24). The van der Waals surface area contributed by atoms with Crippen molar-refractivity contribution in [1.82, 2.24) is 30.7 Å². The molecule has 5 N–H and O–H groups in total. The van der Waals surface area contributed by atoms with Gasteiger partial charge in [-0.1, -0.05) is 29.5 Å². The van der Waals surface area contributed by atoms with Crippen molar-refractivity contribution in [2.45, 2.75) is 19.3 Å². The molecule has 0 saturated carbocycles. The van der Waals surface area contributed by atoms with Crippen molar-refractivity contribution in [3.63, 3.8) is 0 Å². The molecular weight excluding hydrogens is 402 g/mol. The smallest absolute Gasteiger partial charge is 0.276 e. The summed E-state index contributed by atoms with van der Waals surface area (Å²) in [6, 6.07) is 0. The Hall–Kier alpha value is -4.09. The second-order valence-corrected chi connectivity index (χ2v) is 6.87. The minimum absolute atomic E-state index is 0.119. The first-order valence-electron chi connectivity index (χ1n) is 9.79. The van der Waals surface area contributed by atoms with Crippen LogP contribution < -0.4 is 16.4 Å². The lowest BCUT2D eigenvalue weighted by molar-refractivity contribution is -0.121. The first kappa shape index (κ1) is 20.2. The predicted molar refractivity (Wildman–Crippen MR) is 109 cm³/mol. The molecule has 0 fully saturated rings. The number of H-pyrrole nitrogens is 1. The number of rotatable bonds is 9. The number of aromatic nitrogens is 4. The number of carbonyl (C=O) groups excluding carboxylic acids is 2. The zero-order valence-corrected chi connectivity index (χ0v) is 16.5. The fraction of sp³-hybridized carbons (Fsp3) is 0.316. The molecule has 1 atom stereocenters. The number of aromatic amines is 1. The number of nitrogens with zero attached hydrogens (tertiary/aromatic N) is 5. The number of nitrogens with one attached hydrogen (secondary N) is 3. The first-order valence-corrected chi connectivity index (χ1v) is 9.79. The van der Waals surface area contributed by atoms with E-state index >= 15 is 0 Å². The molecule has 2 aliphatic rings. The second-order valence-electron chi connectivity index (χ2n) is 6.87. The van der Waals surface area contributed by atoms with Gasteiger partial charge in [0.2, 0.25) is 17.6 Å². The molecule has 12 heteroatoms. The summed E-state index contributed by atoms with van der Waals surface area (Å²) >= 11 is 0. The fourth-order valence-electron chi connectivity index (χ4n) is 3.11. The van der Waals surface area contributed by atoms with Crippen molar-refractivity contribution in [2.75, 3.05) is 18.8 Å². The molecule has 31 heavy (non-hydrogen) atoms. The quantitative estimate of drug-likeness (QED) is 0.432. The summed E-state index contributed by atoms with van der Waals surface area (Å²) in [6.45, 7) is 1.07. The normalized spacial score (nSPS) is 17.2. The van der Waals surface area contributed by atoms with Gasteiger partial charge in [0.05, 0.1) is 12.2 Å². The molecule has 0 radical (unpaired) electrons. The van der Waals surface area contributed by atoms with Gasteiger partial charge in [-0.3, -0.25) is 9.59 Å². The lowest BCUT2D eigenvalue weighted by Gasteiger charge is -2.20. The van der Waals surface area contributed by atoms with Gasteiger partial charge in [0.15, 0.2) is 11.6 Å². The SMILES string of the molecule is Nc1nc[nH]c1-c1noc(CCC(=O)NCCCNC2=C3C=CC=CC3C(=O)N=N2)n1. The number of imidazole rings is 1. The van der Waals surface area contributed by atoms with Crippen molar-refractivity contribution in [3.8, 4) is 11.5 Å². The fourth-order valence-corrected chi connectivity index (χ4v) is 3.11. The summed E-state index contributed by atoms with van der Waals surface area (Å²) in [5, 5.41) is 17.5. The Morgan fingerprint density at radius 3 is 3.00 bits per heavy atom. The zero-order chi connectivity index (χ0) is 21.6. The van der Waals surface area contributed by atoms with Crippen LogP contribution in [0.15, 0.2) is 56.8 Å². The van der Waals surface area contributed by atoms with E-state index in [1.165, 1.54) is 6.33 Å². The van der Waals surface area contributed by atoms with Crippen molar-refractivity contribution in [1.29, 1.82) is 0 Å². The predicted octanol–water partition coefficient (Wildman–Crippen LogP) is 1.02. The number of nitrogens with two attached hydrogens (primary N) is 1. The maximum Gasteiger partial charge on any atom is 0.276 e. The molecule has 0 aromatic carbocycles. The average Bonchev–Trinajstić information content (AvgIpc) is 3.42. The molecule has 12 nitrogen and oxygen atoms in total. The summed E-state index contributed by atoms with van der Waals surface area (Å²) in [6.07, 6.45) is 10.00. The highest BCUT2D eigenvalue weighted by atomic mass is 16.5. The Labute approximate surface area is 176 Å². The van der Waals surface area contributed by atoms with Crippen molar-refractivity contribution < 1.29 is 14.1 Å². The number of fused-ring (bicyclic) bond motifs is 1. The summed E-state index contributed by atoms with van der Waals surface area (Å²) < 4.78 is 5.14. The Morgan fingerprint density at radius 2 is 2.16 bits per heavy atom. The number of hydrogen-bond donors (Lipinski definition) is 4. The monoisotopic (exact) mass is 423 g/mol. The van der Waals surface area contributed by atoms with Crippen molar-refractivity contribution >= 4 is 17.6 Å². The molecular formula is C19H21N9O3. The van der Waals surface area contributed by atoms with Crippen LogP contribution >= 0.6 is 0 Å². The summed E-state index contributed by atoms with van der Waals surface area (Å²) in [5.74, 6) is 0.750. The van der Waals surface area contributed by atoms with E-state index in [0.717, 1.165) is 5.57 Å². The molecule has 4 rings (SSSR count). The van der Waals surface area contributed by atoms with Crippen LogP contribution in [0.2, 0.25) is 0 Å². The van der Waals surface area contributed by atoms with Gasteiger partial charge in [-0.05, 0) is 6.42 Å². The third kappa shape index (κ3) is 4.74. The van der Waals surface area contributed by atoms with E-state index in [0.29, 0.717) is 49.2 Å². The first-order chi connectivity index (χ1) is 15.1. The zero-order valence-electron chi connectivity index (χ0n) is 16.5. The summed E-state index contributed by atoms with van der Waals surface area (Å²) in [5.41, 5.74) is 6.99. The van der Waals surface area contributed by atoms with E-state index in [-0.39, 0.29) is 30.0 Å². The molecule has 1 unspecified atom stereocenters. The van der Waals surface area contributed by atoms with E-state index in [1.807, 2.05) is 18.2 Å². The topological polar surface area (TPSA) is 177 Å². The van der Waals surface area contributed by atoms with Crippen LogP contribution in [0.4, 0.5) is 5.82 Å². The number of hydrogen-bond acceptors (Lipinski definition) is 9. The van der Waals surface area contributed by atoms with Crippen LogP contribution in [-0.2, 0) is 16.0 Å². The van der Waals surface area contributed by atoms with Crippen LogP contribution in [0.3, 0.4) is 0 Å². The molecule has 0 saturated heterocycles. The van der Waals surface area contributed by atoms with Gasteiger partial charge in [-0.15, -0.1) is 10.2 Å². The number of amides is 2. The largest absolute Gasteiger partial charge is 0.382 e. The molecule has 3 heterocycles. The van der Waals surface area contributed by atoms with Gasteiger partial charge in [-0.2, -0.15) is 4.98 Å². The van der Waals surface area contributed by atoms with Crippen LogP contribution in [0, 0.1) is 5.92 Å². The number of carbonyl (C=O) groups is 2. The maximum atomic E-state index is 12.0. The van der Waals surface area contributed by atoms with E-state index in [2.05, 4.69) is 41.0 Å². The van der Waals surface area contributed by atoms with Crippen LogP contribution in [0.1, 0.15) is 18.7 Å². The lowest BCUT2D eigenvalue weighted by atomic mass is 9.93. The molecule has 1 aliphatic carbocycles. The number of azo groups is 1. The van der Waals surface area contributed by atoms with Gasteiger partial charge in [0.1, 0.15) is 5.69 Å². The number of aryl methyl sites for hydroxylation is 1. The average molecular weight is 423 g/mol. The van der Waals surface area contributed by atoms with Crippen molar-refractivity contribution in [3.05, 3.63) is 47.9 Å². The minimum Gasteiger partial charge on any atom is -0.382 e. The number of nitrogen functional groups attached to an aromatic ring is 1. The lowest BCUT2D eigenvalue weighted by Crippen LogP contribution is -2.28. The highest BCUT2D eigenvalue weighted by Gasteiger charge is 2.26. The summed E-state index contributed by atoms with van der Waals surface area (Å²) in [4.78, 5) is 34.7. The molecule has 1 aliphatic heterocycles. The van der Waals surface area contributed by atoms with Crippen LogP contribution in [-0.4, -0.2) is 45.0 Å². The highest BCUT2D eigenvalue weighted by Crippen LogP contribution is 2.27. The van der Waals surface area contributed by atoms with Gasteiger partial charge in [0, 0.05) is 31.5 Å². The molecule has 0 spiro atoms. The van der Waals surface area contributed by atoms with Gasteiger partial charge in [-0.25, -0.2) is 4.98 Å². The van der Waals surface area contributed by atoms with E-state index in [9.17, 15) is 9.59 Å². The van der Waals surface area contributed by atoms with E-state index in [4.69, 9.17) is 10.3 Å². The number of allylic oxidation sites excluding steroid dienone is 3. The molecule has 0 bridgehead atoms. The summed E-state index contributed by atoms with van der Waals surface area (Å²) in [7, 11) is 0. The highest BCUT2D eigenvalue weighted by molar-refractivity contribution is 5.86. The molecule has 2 aromatic heterocycles. The Kier molecular flexibility index (Phi) is 5.96. The van der Waals surface area contributed by atoms with Crippen molar-refractivity contribution in [2.24, 2.45) is 16.1 Å². The molecule has 2 amide bonds. The Balaban J connectivity index is 1.16. The maximum absolute atomic E-state index is 12.0. The van der Waals surface area contributed by atoms with Gasteiger partial charge >= 0.3 is 0 Å². The third-order valence-electron chi connectivity index (χ3n) is 4.71. The molecule has 160 valence electrons. The Bertz CT molecular complexity index is 1090. The Morgan fingerprint density at radius 1 is 1.26 bits per heavy atom. The van der Waals surface area contributed by atoms with Gasteiger partial charge < -0.3 is 25.9 Å². The van der Waals surface area contributed by atoms with E-state index < -0.39 is 0 Å². The van der Waals surface area contributed by atoms with Crippen LogP contribution in [0.25, 0.3) is 11.5 Å². The van der Waals surface area contributed by atoms with E-state index in [1.54, 1.807) is 6.08 Å². The second kappa shape index (κ2) is 9.15. The third-order valence-corrected chi connectivity index (χ3v) is 4.71. The van der Waals surface area contributed by atoms with Crippen LogP contribution in [0.5, 0.6) is 0 Å².